The third-order valence-corrected chi connectivity index (χ3v) is 5.16. The molecule has 1 aliphatic carbocycles. The maximum Gasteiger partial charge on any atom is 0.256 e. The molecular formula is C14H24N2OS. The molecule has 2 atom stereocenters. The summed E-state index contributed by atoms with van der Waals surface area (Å²) in [7, 11) is 0. The zero-order chi connectivity index (χ0) is 13.3. The topological polar surface area (TPSA) is 38.1 Å². The lowest BCUT2D eigenvalue weighted by atomic mass is 9.87. The van der Waals surface area contributed by atoms with E-state index in [1.54, 1.807) is 11.8 Å². The molecule has 0 aliphatic heterocycles. The summed E-state index contributed by atoms with van der Waals surface area (Å²) in [6.07, 6.45) is 2.50. The van der Waals surface area contributed by atoms with E-state index in [4.69, 9.17) is 4.42 Å². The minimum absolute atomic E-state index is 0.365. The van der Waals surface area contributed by atoms with E-state index in [2.05, 4.69) is 31.1 Å². The Balaban J connectivity index is 2.08. The van der Waals surface area contributed by atoms with Crippen molar-refractivity contribution in [1.29, 1.82) is 0 Å². The molecule has 4 heteroatoms. The minimum Gasteiger partial charge on any atom is -0.437 e. The third kappa shape index (κ3) is 2.75. The van der Waals surface area contributed by atoms with Gasteiger partial charge in [0.05, 0.1) is 5.69 Å². The van der Waals surface area contributed by atoms with Crippen molar-refractivity contribution in [3.05, 3.63) is 11.5 Å². The summed E-state index contributed by atoms with van der Waals surface area (Å²) in [4.78, 5) is 4.48. The highest BCUT2D eigenvalue weighted by atomic mass is 32.2. The van der Waals surface area contributed by atoms with E-state index in [1.807, 2.05) is 13.8 Å². The molecule has 0 radical (unpaired) electrons. The maximum absolute atomic E-state index is 5.69. The molecule has 2 unspecified atom stereocenters. The number of nitrogens with one attached hydrogen (secondary N) is 1. The van der Waals surface area contributed by atoms with Crippen molar-refractivity contribution >= 4 is 11.8 Å². The van der Waals surface area contributed by atoms with Gasteiger partial charge in [-0.3, -0.25) is 0 Å². The molecule has 0 spiro atoms. The van der Waals surface area contributed by atoms with Gasteiger partial charge in [0.2, 0.25) is 0 Å². The largest absolute Gasteiger partial charge is 0.437 e. The fourth-order valence-corrected chi connectivity index (χ4v) is 4.18. The number of hydrogen-bond donors (Lipinski definition) is 1. The number of oxazole rings is 1. The van der Waals surface area contributed by atoms with Gasteiger partial charge in [-0.15, -0.1) is 0 Å². The van der Waals surface area contributed by atoms with Gasteiger partial charge >= 0.3 is 0 Å². The van der Waals surface area contributed by atoms with Gasteiger partial charge in [-0.05, 0) is 38.6 Å². The Morgan fingerprint density at radius 1 is 1.44 bits per heavy atom. The van der Waals surface area contributed by atoms with Crippen LogP contribution in [0.2, 0.25) is 0 Å². The van der Waals surface area contributed by atoms with Crippen molar-refractivity contribution in [3.8, 4) is 0 Å². The molecule has 3 nitrogen and oxygen atoms in total. The Bertz CT molecular complexity index is 394. The Hall–Kier alpha value is -0.480. The van der Waals surface area contributed by atoms with Crippen molar-refractivity contribution in [3.63, 3.8) is 0 Å². The average molecular weight is 268 g/mol. The van der Waals surface area contributed by atoms with E-state index < -0.39 is 0 Å². The van der Waals surface area contributed by atoms with Gasteiger partial charge in [-0.2, -0.15) is 0 Å². The first-order chi connectivity index (χ1) is 8.44. The van der Waals surface area contributed by atoms with E-state index >= 15 is 0 Å². The number of nitrogens with zero attached hydrogens (tertiary/aromatic N) is 1. The molecule has 1 aliphatic rings. The van der Waals surface area contributed by atoms with Crippen LogP contribution in [0.5, 0.6) is 0 Å². The Morgan fingerprint density at radius 2 is 2.17 bits per heavy atom. The molecule has 1 aromatic rings. The molecule has 0 amide bonds. The fraction of sp³-hybridized carbons (Fsp3) is 0.786. The molecule has 1 aromatic heterocycles. The van der Waals surface area contributed by atoms with Gasteiger partial charge < -0.3 is 9.73 Å². The van der Waals surface area contributed by atoms with Crippen LogP contribution < -0.4 is 5.32 Å². The number of aryl methyl sites for hydroxylation is 2. The molecule has 0 aromatic carbocycles. The second-order valence-electron chi connectivity index (χ2n) is 5.84. The summed E-state index contributed by atoms with van der Waals surface area (Å²) < 4.78 is 5.69. The van der Waals surface area contributed by atoms with Crippen molar-refractivity contribution < 1.29 is 4.42 Å². The average Bonchev–Trinajstić information content (AvgIpc) is 2.73. The molecular weight excluding hydrogens is 244 g/mol. The van der Waals surface area contributed by atoms with Crippen molar-refractivity contribution in [1.82, 2.24) is 10.3 Å². The van der Waals surface area contributed by atoms with Gasteiger partial charge in [0.1, 0.15) is 5.76 Å². The predicted octanol–water partition coefficient (Wildman–Crippen LogP) is 3.55. The minimum atomic E-state index is 0.365. The lowest BCUT2D eigenvalue weighted by Crippen LogP contribution is -2.43. The van der Waals surface area contributed by atoms with Crippen LogP contribution in [0.3, 0.4) is 0 Å². The second-order valence-corrected chi connectivity index (χ2v) is 7.03. The van der Waals surface area contributed by atoms with E-state index in [-0.39, 0.29) is 0 Å². The van der Waals surface area contributed by atoms with Crippen LogP contribution in [0.4, 0.5) is 0 Å². The molecule has 1 N–H and O–H groups in total. The van der Waals surface area contributed by atoms with Gasteiger partial charge in [-0.25, -0.2) is 4.98 Å². The summed E-state index contributed by atoms with van der Waals surface area (Å²) in [5.74, 6) is 0.940. The second kappa shape index (κ2) is 5.25. The smallest absolute Gasteiger partial charge is 0.256 e. The monoisotopic (exact) mass is 268 g/mol. The normalized spacial score (nSPS) is 26.7. The highest BCUT2D eigenvalue weighted by Gasteiger charge is 2.42. The van der Waals surface area contributed by atoms with Crippen LogP contribution in [0, 0.1) is 19.3 Å². The number of hydrogen-bond acceptors (Lipinski definition) is 4. The van der Waals surface area contributed by atoms with Crippen molar-refractivity contribution in [2.75, 3.05) is 6.54 Å². The summed E-state index contributed by atoms with van der Waals surface area (Å²) >= 11 is 1.80. The highest BCUT2D eigenvalue weighted by Crippen LogP contribution is 2.44. The van der Waals surface area contributed by atoms with Gasteiger partial charge in [0.25, 0.3) is 5.22 Å². The molecule has 1 fully saturated rings. The maximum atomic E-state index is 5.69. The first-order valence-corrected chi connectivity index (χ1v) is 7.66. The molecule has 0 bridgehead atoms. The third-order valence-electron chi connectivity index (χ3n) is 3.97. The zero-order valence-corrected chi connectivity index (χ0v) is 12.9. The van der Waals surface area contributed by atoms with E-state index in [1.165, 1.54) is 12.8 Å². The Morgan fingerprint density at radius 3 is 2.72 bits per heavy atom. The van der Waals surface area contributed by atoms with E-state index in [9.17, 15) is 0 Å². The predicted molar refractivity (Wildman–Crippen MR) is 76.1 cm³/mol. The fourth-order valence-electron chi connectivity index (χ4n) is 2.72. The van der Waals surface area contributed by atoms with Crippen LogP contribution in [0.1, 0.15) is 45.1 Å². The first kappa shape index (κ1) is 13.9. The van der Waals surface area contributed by atoms with Gasteiger partial charge in [-0.1, -0.05) is 32.5 Å². The SMILES string of the molecule is CCNC1C(Sc2nc(C)c(C)o2)CCC1(C)C. The standard InChI is InChI=1S/C14H24N2OS/c1-6-15-12-11(7-8-14(12,4)5)18-13-16-9(2)10(3)17-13/h11-12,15H,6-8H2,1-5H3. The quantitative estimate of drug-likeness (QED) is 0.906. The molecule has 1 saturated carbocycles. The number of rotatable bonds is 4. The summed E-state index contributed by atoms with van der Waals surface area (Å²) in [6, 6.07) is 0.542. The van der Waals surface area contributed by atoms with Crippen molar-refractivity contribution in [2.24, 2.45) is 5.41 Å². The Kier molecular flexibility index (Phi) is 4.07. The van der Waals surface area contributed by atoms with Gasteiger partial charge in [0.15, 0.2) is 0 Å². The number of aromatic nitrogens is 1. The molecule has 0 saturated heterocycles. The zero-order valence-electron chi connectivity index (χ0n) is 12.0. The number of thioether (sulfide) groups is 1. The molecule has 102 valence electrons. The summed E-state index contributed by atoms with van der Waals surface area (Å²) in [5.41, 5.74) is 1.37. The van der Waals surface area contributed by atoms with Crippen LogP contribution in [-0.2, 0) is 0 Å². The van der Waals surface area contributed by atoms with Crippen LogP contribution in [0.15, 0.2) is 9.64 Å². The first-order valence-electron chi connectivity index (χ1n) is 6.78. The summed E-state index contributed by atoms with van der Waals surface area (Å²) in [5, 5.41) is 5.03. The summed E-state index contributed by atoms with van der Waals surface area (Å²) in [6.45, 7) is 11.9. The van der Waals surface area contributed by atoms with Crippen LogP contribution >= 0.6 is 11.8 Å². The van der Waals surface area contributed by atoms with E-state index in [0.29, 0.717) is 16.7 Å². The molecule has 1 heterocycles. The van der Waals surface area contributed by atoms with Crippen LogP contribution in [-0.4, -0.2) is 22.8 Å². The lowest BCUT2D eigenvalue weighted by Gasteiger charge is -2.30. The van der Waals surface area contributed by atoms with Crippen LogP contribution in [0.25, 0.3) is 0 Å². The lowest BCUT2D eigenvalue weighted by molar-refractivity contribution is 0.290. The molecule has 18 heavy (non-hydrogen) atoms. The van der Waals surface area contributed by atoms with Crippen molar-refractivity contribution in [2.45, 2.75) is 64.0 Å². The van der Waals surface area contributed by atoms with E-state index in [0.717, 1.165) is 23.2 Å². The Labute approximate surface area is 114 Å². The van der Waals surface area contributed by atoms with Gasteiger partial charge in [0, 0.05) is 11.3 Å². The molecule has 2 rings (SSSR count). The highest BCUT2D eigenvalue weighted by molar-refractivity contribution is 7.99.